The first-order chi connectivity index (χ1) is 13.0. The SMILES string of the molecule is C[C@H]1[C@H](C)CCC[C@@H]1NC(=O)COC(=O)c1ccc(-c2ccccc2)cc1. The second-order valence-electron chi connectivity index (χ2n) is 7.46. The number of carbonyl (C=O) groups excluding carboxylic acids is 2. The molecule has 0 bridgehead atoms. The molecule has 1 aliphatic carbocycles. The third-order valence-corrected chi connectivity index (χ3v) is 5.62. The number of benzene rings is 2. The Morgan fingerprint density at radius 2 is 1.63 bits per heavy atom. The van der Waals surface area contributed by atoms with Gasteiger partial charge in [0.15, 0.2) is 6.61 Å². The van der Waals surface area contributed by atoms with Crippen LogP contribution < -0.4 is 5.32 Å². The number of esters is 1. The van der Waals surface area contributed by atoms with Crippen molar-refractivity contribution in [3.05, 3.63) is 60.2 Å². The molecule has 27 heavy (non-hydrogen) atoms. The lowest BCUT2D eigenvalue weighted by Crippen LogP contribution is -2.45. The lowest BCUT2D eigenvalue weighted by atomic mass is 9.78. The maximum Gasteiger partial charge on any atom is 0.338 e. The molecule has 1 aliphatic rings. The van der Waals surface area contributed by atoms with Gasteiger partial charge in [0.2, 0.25) is 0 Å². The summed E-state index contributed by atoms with van der Waals surface area (Å²) in [6.07, 6.45) is 3.33. The molecule has 2 aromatic carbocycles. The summed E-state index contributed by atoms with van der Waals surface area (Å²) in [6, 6.07) is 17.4. The number of amides is 1. The first-order valence-electron chi connectivity index (χ1n) is 9.66. The third kappa shape index (κ3) is 4.97. The average molecular weight is 365 g/mol. The van der Waals surface area contributed by atoms with Crippen molar-refractivity contribution < 1.29 is 14.3 Å². The second kappa shape index (κ2) is 8.85. The Bertz CT molecular complexity index is 770. The highest BCUT2D eigenvalue weighted by Crippen LogP contribution is 2.29. The molecule has 0 heterocycles. The van der Waals surface area contributed by atoms with Crippen LogP contribution >= 0.6 is 0 Å². The molecule has 1 amide bonds. The van der Waals surface area contributed by atoms with Gasteiger partial charge in [0.05, 0.1) is 5.56 Å². The largest absolute Gasteiger partial charge is 0.452 e. The molecule has 0 radical (unpaired) electrons. The Balaban J connectivity index is 1.51. The van der Waals surface area contributed by atoms with Crippen LogP contribution in [0, 0.1) is 11.8 Å². The van der Waals surface area contributed by atoms with Gasteiger partial charge in [-0.3, -0.25) is 4.79 Å². The van der Waals surface area contributed by atoms with E-state index < -0.39 is 5.97 Å². The summed E-state index contributed by atoms with van der Waals surface area (Å²) in [5, 5.41) is 3.02. The molecule has 0 aromatic heterocycles. The molecule has 3 atom stereocenters. The monoisotopic (exact) mass is 365 g/mol. The van der Waals surface area contributed by atoms with E-state index in [1.165, 1.54) is 6.42 Å². The summed E-state index contributed by atoms with van der Waals surface area (Å²) < 4.78 is 5.19. The third-order valence-electron chi connectivity index (χ3n) is 5.62. The van der Waals surface area contributed by atoms with E-state index in [0.29, 0.717) is 17.4 Å². The first kappa shape index (κ1) is 19.2. The number of hydrogen-bond donors (Lipinski definition) is 1. The second-order valence-corrected chi connectivity index (χ2v) is 7.46. The summed E-state index contributed by atoms with van der Waals surface area (Å²) in [4.78, 5) is 24.4. The van der Waals surface area contributed by atoms with Crippen LogP contribution in [0.4, 0.5) is 0 Å². The zero-order valence-electron chi connectivity index (χ0n) is 16.0. The van der Waals surface area contributed by atoms with Crippen molar-refractivity contribution in [3.8, 4) is 11.1 Å². The minimum atomic E-state index is -0.477. The molecule has 1 N–H and O–H groups in total. The molecule has 2 aromatic rings. The van der Waals surface area contributed by atoms with E-state index >= 15 is 0 Å². The van der Waals surface area contributed by atoms with Crippen molar-refractivity contribution in [1.82, 2.24) is 5.32 Å². The highest BCUT2D eigenvalue weighted by Gasteiger charge is 2.28. The van der Waals surface area contributed by atoms with Gasteiger partial charge in [0.1, 0.15) is 0 Å². The Labute approximate surface area is 160 Å². The predicted octanol–water partition coefficient (Wildman–Crippen LogP) is 4.45. The van der Waals surface area contributed by atoms with Crippen LogP contribution in [0.5, 0.6) is 0 Å². The smallest absolute Gasteiger partial charge is 0.338 e. The van der Waals surface area contributed by atoms with Gasteiger partial charge in [-0.05, 0) is 41.5 Å². The molecule has 4 nitrogen and oxygen atoms in total. The number of hydrogen-bond acceptors (Lipinski definition) is 3. The van der Waals surface area contributed by atoms with Crippen LogP contribution in [0.2, 0.25) is 0 Å². The summed E-state index contributed by atoms with van der Waals surface area (Å²) in [7, 11) is 0. The Morgan fingerprint density at radius 3 is 2.33 bits per heavy atom. The Kier molecular flexibility index (Phi) is 6.28. The van der Waals surface area contributed by atoms with Crippen molar-refractivity contribution in [2.75, 3.05) is 6.61 Å². The topological polar surface area (TPSA) is 55.4 Å². The fraction of sp³-hybridized carbons (Fsp3) is 0.391. The lowest BCUT2D eigenvalue weighted by Gasteiger charge is -2.34. The molecule has 4 heteroatoms. The molecule has 0 saturated heterocycles. The fourth-order valence-corrected chi connectivity index (χ4v) is 3.68. The summed E-state index contributed by atoms with van der Waals surface area (Å²) in [5.41, 5.74) is 2.57. The van der Waals surface area contributed by atoms with Crippen molar-refractivity contribution >= 4 is 11.9 Å². The van der Waals surface area contributed by atoms with Crippen LogP contribution in [0.15, 0.2) is 54.6 Å². The van der Waals surface area contributed by atoms with Crippen molar-refractivity contribution in [1.29, 1.82) is 0 Å². The number of ether oxygens (including phenoxy) is 1. The van der Waals surface area contributed by atoms with Crippen LogP contribution in [-0.4, -0.2) is 24.5 Å². The molecule has 1 saturated carbocycles. The van der Waals surface area contributed by atoms with Gasteiger partial charge in [-0.15, -0.1) is 0 Å². The summed E-state index contributed by atoms with van der Waals surface area (Å²) >= 11 is 0. The molecular formula is C23H27NO3. The van der Waals surface area contributed by atoms with E-state index in [9.17, 15) is 9.59 Å². The van der Waals surface area contributed by atoms with Crippen molar-refractivity contribution in [2.24, 2.45) is 11.8 Å². The van der Waals surface area contributed by atoms with Crippen LogP contribution in [0.3, 0.4) is 0 Å². The van der Waals surface area contributed by atoms with Gasteiger partial charge < -0.3 is 10.1 Å². The fourth-order valence-electron chi connectivity index (χ4n) is 3.68. The number of carbonyl (C=O) groups is 2. The van der Waals surface area contributed by atoms with Crippen LogP contribution in [0.1, 0.15) is 43.5 Å². The van der Waals surface area contributed by atoms with E-state index in [2.05, 4.69) is 19.2 Å². The predicted molar refractivity (Wildman–Crippen MR) is 106 cm³/mol. The van der Waals surface area contributed by atoms with Crippen molar-refractivity contribution in [3.63, 3.8) is 0 Å². The Hall–Kier alpha value is -2.62. The first-order valence-corrected chi connectivity index (χ1v) is 9.66. The molecule has 3 rings (SSSR count). The van der Waals surface area contributed by atoms with E-state index in [-0.39, 0.29) is 18.6 Å². The van der Waals surface area contributed by atoms with Crippen molar-refractivity contribution in [2.45, 2.75) is 39.2 Å². The zero-order valence-corrected chi connectivity index (χ0v) is 16.0. The standard InChI is InChI=1S/C23H27NO3/c1-16-7-6-10-21(17(16)2)24-22(25)15-27-23(26)20-13-11-19(12-14-20)18-8-4-3-5-9-18/h3-5,8-9,11-14,16-17,21H,6-7,10,15H2,1-2H3,(H,24,25)/t16-,17+,21+/m1/s1. The maximum absolute atomic E-state index is 12.2. The van der Waals surface area contributed by atoms with Gasteiger partial charge in [0.25, 0.3) is 5.91 Å². The minimum absolute atomic E-state index is 0.171. The van der Waals surface area contributed by atoms with Crippen LogP contribution in [0.25, 0.3) is 11.1 Å². The highest BCUT2D eigenvalue weighted by molar-refractivity contribution is 5.91. The van der Waals surface area contributed by atoms with E-state index in [1.807, 2.05) is 42.5 Å². The van der Waals surface area contributed by atoms with Gasteiger partial charge in [-0.2, -0.15) is 0 Å². The molecular weight excluding hydrogens is 338 g/mol. The van der Waals surface area contributed by atoms with E-state index in [4.69, 9.17) is 4.74 Å². The number of rotatable bonds is 5. The van der Waals surface area contributed by atoms with Gasteiger partial charge in [-0.25, -0.2) is 4.79 Å². The van der Waals surface area contributed by atoms with Gasteiger partial charge in [-0.1, -0.05) is 69.2 Å². The number of nitrogens with one attached hydrogen (secondary N) is 1. The zero-order chi connectivity index (χ0) is 19.2. The molecule has 142 valence electrons. The summed E-state index contributed by atoms with van der Waals surface area (Å²) in [5.74, 6) is 0.351. The highest BCUT2D eigenvalue weighted by atomic mass is 16.5. The maximum atomic E-state index is 12.2. The van der Waals surface area contributed by atoms with Gasteiger partial charge in [0, 0.05) is 6.04 Å². The average Bonchev–Trinajstić information content (AvgIpc) is 2.70. The molecule has 0 spiro atoms. The van der Waals surface area contributed by atoms with E-state index in [1.54, 1.807) is 12.1 Å². The lowest BCUT2D eigenvalue weighted by molar-refractivity contribution is -0.125. The molecule has 1 fully saturated rings. The Morgan fingerprint density at radius 1 is 0.963 bits per heavy atom. The van der Waals surface area contributed by atoms with E-state index in [0.717, 1.165) is 24.0 Å². The minimum Gasteiger partial charge on any atom is -0.452 e. The summed E-state index contributed by atoms with van der Waals surface area (Å²) in [6.45, 7) is 4.16. The molecule has 0 aliphatic heterocycles. The quantitative estimate of drug-likeness (QED) is 0.797. The van der Waals surface area contributed by atoms with Crippen LogP contribution in [-0.2, 0) is 9.53 Å². The van der Waals surface area contributed by atoms with Gasteiger partial charge >= 0.3 is 5.97 Å². The molecule has 0 unspecified atom stereocenters. The normalized spacial score (nSPS) is 22.1.